The van der Waals surface area contributed by atoms with Gasteiger partial charge >= 0.3 is 0 Å². The first-order valence-electron chi connectivity index (χ1n) is 5.97. The van der Waals surface area contributed by atoms with Gasteiger partial charge in [0.15, 0.2) is 0 Å². The fourth-order valence-corrected chi connectivity index (χ4v) is 2.60. The number of hydrogen-bond donors (Lipinski definition) is 0. The summed E-state index contributed by atoms with van der Waals surface area (Å²) in [4.78, 5) is 5.05. The van der Waals surface area contributed by atoms with Crippen LogP contribution in [0.4, 0.5) is 0 Å². The van der Waals surface area contributed by atoms with Gasteiger partial charge in [-0.05, 0) is 24.2 Å². The van der Waals surface area contributed by atoms with Gasteiger partial charge in [-0.15, -0.1) is 0 Å². The molecule has 2 nitrogen and oxygen atoms in total. The van der Waals surface area contributed by atoms with Crippen LogP contribution in [0.25, 0.3) is 0 Å². The molecule has 16 heavy (non-hydrogen) atoms. The summed E-state index contributed by atoms with van der Waals surface area (Å²) in [5.74, 6) is 0. The van der Waals surface area contributed by atoms with E-state index >= 15 is 0 Å². The van der Waals surface area contributed by atoms with Gasteiger partial charge in [-0.1, -0.05) is 35.0 Å². The summed E-state index contributed by atoms with van der Waals surface area (Å²) < 4.78 is 1.18. The van der Waals surface area contributed by atoms with Gasteiger partial charge in [0, 0.05) is 37.2 Å². The summed E-state index contributed by atoms with van der Waals surface area (Å²) in [6, 6.07) is 8.61. The van der Waals surface area contributed by atoms with Crippen molar-refractivity contribution >= 4 is 15.9 Å². The molecule has 1 aromatic rings. The molecule has 0 unspecified atom stereocenters. The highest BCUT2D eigenvalue weighted by Gasteiger charge is 2.15. The molecule has 0 aromatic heterocycles. The van der Waals surface area contributed by atoms with E-state index in [1.54, 1.807) is 0 Å². The molecule has 1 fully saturated rings. The Morgan fingerprint density at radius 3 is 2.44 bits per heavy atom. The average molecular weight is 283 g/mol. The second-order valence-corrected chi connectivity index (χ2v) is 5.26. The third kappa shape index (κ3) is 3.30. The van der Waals surface area contributed by atoms with Gasteiger partial charge in [0.1, 0.15) is 0 Å². The number of piperazine rings is 1. The van der Waals surface area contributed by atoms with Gasteiger partial charge in [0.2, 0.25) is 0 Å². The van der Waals surface area contributed by atoms with E-state index in [2.05, 4.69) is 56.9 Å². The first-order chi connectivity index (χ1) is 7.78. The van der Waals surface area contributed by atoms with Crippen molar-refractivity contribution < 1.29 is 0 Å². The quantitative estimate of drug-likeness (QED) is 0.841. The molecule has 0 aliphatic carbocycles. The number of halogens is 1. The normalized spacial score (nSPS) is 18.9. The van der Waals surface area contributed by atoms with E-state index in [1.165, 1.54) is 42.8 Å². The molecule has 1 aliphatic rings. The Labute approximate surface area is 106 Å². The maximum atomic E-state index is 3.52. The number of likely N-dealkylation sites (N-methyl/N-ethyl adjacent to an activating group) is 1. The molecule has 1 aromatic carbocycles. The summed E-state index contributed by atoms with van der Waals surface area (Å²) >= 11 is 3.52. The summed E-state index contributed by atoms with van der Waals surface area (Å²) in [5.41, 5.74) is 1.40. The second kappa shape index (κ2) is 5.80. The monoisotopic (exact) mass is 282 g/mol. The Hall–Kier alpha value is -0.380. The van der Waals surface area contributed by atoms with Gasteiger partial charge in [-0.25, -0.2) is 0 Å². The van der Waals surface area contributed by atoms with Crippen LogP contribution in [0.2, 0.25) is 0 Å². The lowest BCUT2D eigenvalue weighted by Gasteiger charge is -2.34. The lowest BCUT2D eigenvalue weighted by atomic mass is 10.2. The maximum absolute atomic E-state index is 3.52. The molecule has 0 radical (unpaired) electrons. The van der Waals surface area contributed by atoms with Crippen molar-refractivity contribution in [3.63, 3.8) is 0 Å². The first kappa shape index (κ1) is 12.1. The van der Waals surface area contributed by atoms with Crippen LogP contribution in [0.3, 0.4) is 0 Å². The Morgan fingerprint density at radius 1 is 1.12 bits per heavy atom. The molecule has 1 heterocycles. The Morgan fingerprint density at radius 2 is 1.81 bits per heavy atom. The first-order valence-corrected chi connectivity index (χ1v) is 6.76. The van der Waals surface area contributed by atoms with Crippen molar-refractivity contribution in [2.75, 3.05) is 32.7 Å². The molecule has 0 amide bonds. The minimum Gasteiger partial charge on any atom is -0.301 e. The molecule has 0 bridgehead atoms. The van der Waals surface area contributed by atoms with E-state index < -0.39 is 0 Å². The van der Waals surface area contributed by atoms with Crippen LogP contribution in [0, 0.1) is 0 Å². The zero-order chi connectivity index (χ0) is 11.4. The fraction of sp³-hybridized carbons (Fsp3) is 0.538. The minimum atomic E-state index is 1.08. The Balaban J connectivity index is 1.87. The van der Waals surface area contributed by atoms with E-state index in [9.17, 15) is 0 Å². The van der Waals surface area contributed by atoms with Gasteiger partial charge in [-0.3, -0.25) is 4.90 Å². The Kier molecular flexibility index (Phi) is 4.38. The van der Waals surface area contributed by atoms with Crippen molar-refractivity contribution in [1.82, 2.24) is 9.80 Å². The van der Waals surface area contributed by atoms with E-state index in [1.807, 2.05) is 0 Å². The number of benzene rings is 1. The van der Waals surface area contributed by atoms with E-state index in [0.717, 1.165) is 6.54 Å². The van der Waals surface area contributed by atoms with Gasteiger partial charge in [0.25, 0.3) is 0 Å². The predicted octanol–water partition coefficient (Wildman–Crippen LogP) is 2.59. The molecular weight excluding hydrogens is 264 g/mol. The van der Waals surface area contributed by atoms with Crippen molar-refractivity contribution in [3.05, 3.63) is 34.3 Å². The highest BCUT2D eigenvalue weighted by atomic mass is 79.9. The van der Waals surface area contributed by atoms with Gasteiger partial charge < -0.3 is 4.90 Å². The third-order valence-electron chi connectivity index (χ3n) is 3.21. The predicted molar refractivity (Wildman–Crippen MR) is 71.5 cm³/mol. The minimum absolute atomic E-state index is 1.08. The van der Waals surface area contributed by atoms with Crippen LogP contribution in [-0.2, 0) is 6.54 Å². The molecule has 1 aliphatic heterocycles. The smallest absolute Gasteiger partial charge is 0.0235 e. The summed E-state index contributed by atoms with van der Waals surface area (Å²) in [5, 5.41) is 0. The lowest BCUT2D eigenvalue weighted by Crippen LogP contribution is -2.45. The highest BCUT2D eigenvalue weighted by molar-refractivity contribution is 9.10. The zero-order valence-electron chi connectivity index (χ0n) is 9.82. The topological polar surface area (TPSA) is 6.48 Å². The van der Waals surface area contributed by atoms with Crippen molar-refractivity contribution in [1.29, 1.82) is 0 Å². The molecule has 2 rings (SSSR count). The fourth-order valence-electron chi connectivity index (χ4n) is 2.16. The van der Waals surface area contributed by atoms with Crippen LogP contribution >= 0.6 is 15.9 Å². The van der Waals surface area contributed by atoms with Crippen molar-refractivity contribution in [3.8, 4) is 0 Å². The summed E-state index contributed by atoms with van der Waals surface area (Å²) in [6.07, 6.45) is 0. The zero-order valence-corrected chi connectivity index (χ0v) is 11.4. The lowest BCUT2D eigenvalue weighted by molar-refractivity contribution is 0.132. The third-order valence-corrected chi connectivity index (χ3v) is 3.70. The number of nitrogens with zero attached hydrogens (tertiary/aromatic N) is 2. The molecule has 88 valence electrons. The van der Waals surface area contributed by atoms with Crippen LogP contribution in [0.5, 0.6) is 0 Å². The standard InChI is InChI=1S/C13H19BrN2/c1-2-15-6-8-16(9-7-15)11-12-4-3-5-13(14)10-12/h3-5,10H,2,6-9,11H2,1H3. The molecular formula is C13H19BrN2. The van der Waals surface area contributed by atoms with E-state index in [-0.39, 0.29) is 0 Å². The average Bonchev–Trinajstić information content (AvgIpc) is 2.30. The summed E-state index contributed by atoms with van der Waals surface area (Å²) in [6.45, 7) is 9.32. The van der Waals surface area contributed by atoms with Crippen molar-refractivity contribution in [2.45, 2.75) is 13.5 Å². The van der Waals surface area contributed by atoms with Crippen LogP contribution in [-0.4, -0.2) is 42.5 Å². The van der Waals surface area contributed by atoms with E-state index in [0.29, 0.717) is 0 Å². The molecule has 3 heteroatoms. The molecule has 0 N–H and O–H groups in total. The van der Waals surface area contributed by atoms with Crippen LogP contribution in [0.1, 0.15) is 12.5 Å². The number of rotatable bonds is 3. The van der Waals surface area contributed by atoms with Crippen LogP contribution in [0.15, 0.2) is 28.7 Å². The van der Waals surface area contributed by atoms with Crippen LogP contribution < -0.4 is 0 Å². The van der Waals surface area contributed by atoms with E-state index in [4.69, 9.17) is 0 Å². The number of hydrogen-bond acceptors (Lipinski definition) is 2. The Bertz CT molecular complexity index is 332. The summed E-state index contributed by atoms with van der Waals surface area (Å²) in [7, 11) is 0. The van der Waals surface area contributed by atoms with Gasteiger partial charge in [0.05, 0.1) is 0 Å². The molecule has 0 saturated carbocycles. The molecule has 0 spiro atoms. The SMILES string of the molecule is CCN1CCN(Cc2cccc(Br)c2)CC1. The highest BCUT2D eigenvalue weighted by Crippen LogP contribution is 2.14. The molecule has 1 saturated heterocycles. The molecule has 0 atom stereocenters. The largest absolute Gasteiger partial charge is 0.301 e. The van der Waals surface area contributed by atoms with Crippen molar-refractivity contribution in [2.24, 2.45) is 0 Å². The maximum Gasteiger partial charge on any atom is 0.0235 e. The second-order valence-electron chi connectivity index (χ2n) is 4.34. The van der Waals surface area contributed by atoms with Gasteiger partial charge in [-0.2, -0.15) is 0 Å².